The van der Waals surface area contributed by atoms with Crippen molar-refractivity contribution < 1.29 is 70.8 Å². The predicted molar refractivity (Wildman–Crippen MR) is 58.6 cm³/mol. The molecule has 0 aliphatic heterocycles. The average Bonchev–Trinajstić information content (AvgIpc) is 2.25. The van der Waals surface area contributed by atoms with Gasteiger partial charge in [0, 0.05) is 5.97 Å². The first-order chi connectivity index (χ1) is 7.66. The van der Waals surface area contributed by atoms with Crippen LogP contribution in [0.3, 0.4) is 0 Å². The third-order valence-corrected chi connectivity index (χ3v) is 2.29. The van der Waals surface area contributed by atoms with Crippen LogP contribution in [0.15, 0.2) is 0 Å². The van der Waals surface area contributed by atoms with Crippen molar-refractivity contribution in [3.8, 4) is 0 Å². The standard InChI is InChI=1S/C12H22O4.K/c1-2-3-4-5-6-7-10-16-12(15)9-8-11(13)14;/h2-10H2,1H3,(H,13,14);/q;+1/p-1. The Morgan fingerprint density at radius 2 is 1.59 bits per heavy atom. The van der Waals surface area contributed by atoms with Gasteiger partial charge in [0.15, 0.2) is 0 Å². The van der Waals surface area contributed by atoms with Gasteiger partial charge >= 0.3 is 57.4 Å². The van der Waals surface area contributed by atoms with Crippen LogP contribution in [0.4, 0.5) is 0 Å². The van der Waals surface area contributed by atoms with E-state index in [-0.39, 0.29) is 64.2 Å². The minimum absolute atomic E-state index is 0. The fourth-order valence-electron chi connectivity index (χ4n) is 1.34. The van der Waals surface area contributed by atoms with E-state index in [0.717, 1.165) is 12.8 Å². The van der Waals surface area contributed by atoms with E-state index in [0.29, 0.717) is 6.61 Å². The van der Waals surface area contributed by atoms with Gasteiger partial charge in [-0.2, -0.15) is 0 Å². The third kappa shape index (κ3) is 16.6. The fraction of sp³-hybridized carbons (Fsp3) is 0.833. The Kier molecular flexibility index (Phi) is 17.1. The van der Waals surface area contributed by atoms with Crippen LogP contribution < -0.4 is 56.5 Å². The summed E-state index contributed by atoms with van der Waals surface area (Å²) in [7, 11) is 0. The van der Waals surface area contributed by atoms with E-state index in [4.69, 9.17) is 4.74 Å². The van der Waals surface area contributed by atoms with Crippen LogP contribution in [0, 0.1) is 0 Å². The summed E-state index contributed by atoms with van der Waals surface area (Å²) in [5.41, 5.74) is 0. The first-order valence-electron chi connectivity index (χ1n) is 6.02. The van der Waals surface area contributed by atoms with Crippen LogP contribution in [0.5, 0.6) is 0 Å². The molecule has 0 aromatic heterocycles. The molecule has 0 N–H and O–H groups in total. The number of hydrogen-bond acceptors (Lipinski definition) is 4. The number of carboxylic acids is 1. The summed E-state index contributed by atoms with van der Waals surface area (Å²) in [6.45, 7) is 2.57. The van der Waals surface area contributed by atoms with Crippen LogP contribution in [0.25, 0.3) is 0 Å². The average molecular weight is 268 g/mol. The van der Waals surface area contributed by atoms with E-state index in [1.54, 1.807) is 0 Å². The van der Waals surface area contributed by atoms with Crippen molar-refractivity contribution in [1.82, 2.24) is 0 Å². The van der Waals surface area contributed by atoms with Crippen molar-refractivity contribution in [1.29, 1.82) is 0 Å². The molecule has 0 aliphatic carbocycles. The van der Waals surface area contributed by atoms with E-state index < -0.39 is 11.9 Å². The monoisotopic (exact) mass is 268 g/mol. The molecule has 0 atom stereocenters. The topological polar surface area (TPSA) is 66.4 Å². The van der Waals surface area contributed by atoms with Crippen LogP contribution >= 0.6 is 0 Å². The van der Waals surface area contributed by atoms with Gasteiger partial charge in [0.05, 0.1) is 13.0 Å². The summed E-state index contributed by atoms with van der Waals surface area (Å²) in [6.07, 6.45) is 6.46. The molecule has 94 valence electrons. The van der Waals surface area contributed by atoms with Gasteiger partial charge in [0.1, 0.15) is 0 Å². The molecule has 0 saturated carbocycles. The SMILES string of the molecule is CCCCCCCCOC(=O)CCC(=O)[O-].[K+]. The maximum atomic E-state index is 11.0. The Balaban J connectivity index is 0. The first-order valence-corrected chi connectivity index (χ1v) is 6.02. The molecule has 0 radical (unpaired) electrons. The zero-order valence-corrected chi connectivity index (χ0v) is 14.1. The Bertz CT molecular complexity index is 207. The number of rotatable bonds is 10. The normalized spacial score (nSPS) is 9.47. The summed E-state index contributed by atoms with van der Waals surface area (Å²) >= 11 is 0. The molecular formula is C12H21KO4. The smallest absolute Gasteiger partial charge is 0.550 e. The zero-order valence-electron chi connectivity index (χ0n) is 11.0. The summed E-state index contributed by atoms with van der Waals surface area (Å²) in [5.74, 6) is -1.66. The quantitative estimate of drug-likeness (QED) is 0.273. The molecule has 17 heavy (non-hydrogen) atoms. The first kappa shape index (κ1) is 19.9. The summed E-state index contributed by atoms with van der Waals surface area (Å²) < 4.78 is 4.87. The molecule has 0 aromatic carbocycles. The summed E-state index contributed by atoms with van der Waals surface area (Å²) in [5, 5.41) is 10.1. The number of unbranched alkanes of at least 4 members (excludes halogenated alkanes) is 5. The second kappa shape index (κ2) is 14.6. The minimum atomic E-state index is -1.21. The molecule has 0 saturated heterocycles. The zero-order chi connectivity index (χ0) is 12.2. The van der Waals surface area contributed by atoms with Crippen LogP contribution in [-0.2, 0) is 14.3 Å². The Hall–Kier alpha value is 0.576. The molecule has 0 aromatic rings. The van der Waals surface area contributed by atoms with E-state index in [1.807, 2.05) is 0 Å². The second-order valence-corrected chi connectivity index (χ2v) is 3.86. The molecule has 0 heterocycles. The van der Waals surface area contributed by atoms with Crippen molar-refractivity contribution in [3.63, 3.8) is 0 Å². The molecule has 5 heteroatoms. The number of carbonyl (C=O) groups is 2. The van der Waals surface area contributed by atoms with Gasteiger partial charge in [0.25, 0.3) is 0 Å². The molecule has 0 amide bonds. The molecule has 0 spiro atoms. The van der Waals surface area contributed by atoms with Gasteiger partial charge in [-0.05, 0) is 12.8 Å². The maximum Gasteiger partial charge on any atom is 1.00 e. The van der Waals surface area contributed by atoms with Crippen molar-refractivity contribution in [2.45, 2.75) is 58.3 Å². The Morgan fingerprint density at radius 1 is 1.00 bits per heavy atom. The number of carboxylic acid groups (broad SMARTS) is 1. The summed E-state index contributed by atoms with van der Waals surface area (Å²) in [4.78, 5) is 21.0. The van der Waals surface area contributed by atoms with E-state index in [9.17, 15) is 14.7 Å². The van der Waals surface area contributed by atoms with Crippen LogP contribution in [0.2, 0.25) is 0 Å². The summed E-state index contributed by atoms with van der Waals surface area (Å²) in [6, 6.07) is 0. The van der Waals surface area contributed by atoms with E-state index in [2.05, 4.69) is 6.92 Å². The van der Waals surface area contributed by atoms with E-state index >= 15 is 0 Å². The van der Waals surface area contributed by atoms with Gasteiger partial charge < -0.3 is 14.6 Å². The number of aliphatic carboxylic acids is 1. The molecule has 0 unspecified atom stereocenters. The largest absolute Gasteiger partial charge is 1.00 e. The third-order valence-electron chi connectivity index (χ3n) is 2.29. The van der Waals surface area contributed by atoms with Gasteiger partial charge in [-0.1, -0.05) is 39.0 Å². The molecule has 0 fully saturated rings. The molecule has 0 rings (SSSR count). The predicted octanol–water partition coefficient (Wildman–Crippen LogP) is -1.58. The molecule has 0 bridgehead atoms. The van der Waals surface area contributed by atoms with Gasteiger partial charge in [-0.15, -0.1) is 0 Å². The fourth-order valence-corrected chi connectivity index (χ4v) is 1.34. The Morgan fingerprint density at radius 3 is 2.18 bits per heavy atom. The van der Waals surface area contributed by atoms with E-state index in [1.165, 1.54) is 25.7 Å². The van der Waals surface area contributed by atoms with Gasteiger partial charge in [0.2, 0.25) is 0 Å². The number of ether oxygens (including phenoxy) is 1. The molecule has 0 aliphatic rings. The van der Waals surface area contributed by atoms with Crippen LogP contribution in [0.1, 0.15) is 58.3 Å². The van der Waals surface area contributed by atoms with Gasteiger partial charge in [-0.3, -0.25) is 4.79 Å². The molecule has 4 nitrogen and oxygen atoms in total. The number of esters is 1. The molecular weight excluding hydrogens is 247 g/mol. The maximum absolute atomic E-state index is 11.0. The Labute approximate surface area is 146 Å². The number of hydrogen-bond donors (Lipinski definition) is 0. The van der Waals surface area contributed by atoms with Crippen molar-refractivity contribution >= 4 is 11.9 Å². The minimum Gasteiger partial charge on any atom is -0.550 e. The van der Waals surface area contributed by atoms with Crippen molar-refractivity contribution in [2.75, 3.05) is 6.61 Å². The van der Waals surface area contributed by atoms with Crippen molar-refractivity contribution in [2.24, 2.45) is 0 Å². The number of carbonyl (C=O) groups excluding carboxylic acids is 2. The second-order valence-electron chi connectivity index (χ2n) is 3.86. The van der Waals surface area contributed by atoms with Crippen LogP contribution in [-0.4, -0.2) is 18.5 Å². The van der Waals surface area contributed by atoms with Gasteiger partial charge in [-0.25, -0.2) is 0 Å². The van der Waals surface area contributed by atoms with Crippen molar-refractivity contribution in [3.05, 3.63) is 0 Å².